The van der Waals surface area contributed by atoms with E-state index in [2.05, 4.69) is 21.2 Å². The van der Waals surface area contributed by atoms with E-state index in [1.54, 1.807) is 18.2 Å². The van der Waals surface area contributed by atoms with E-state index >= 15 is 0 Å². The van der Waals surface area contributed by atoms with Crippen molar-refractivity contribution >= 4 is 27.5 Å². The third-order valence-corrected chi connectivity index (χ3v) is 3.77. The Balaban J connectivity index is 2.30. The van der Waals surface area contributed by atoms with Crippen LogP contribution < -0.4 is 5.32 Å². The Kier molecular flexibility index (Phi) is 4.37. The Morgan fingerprint density at radius 3 is 2.43 bits per heavy atom. The highest BCUT2D eigenvalue weighted by atomic mass is 79.9. The lowest BCUT2D eigenvalue weighted by atomic mass is 10.1. The number of hydrogen-bond acceptors (Lipinski definition) is 1. The minimum Gasteiger partial charge on any atom is -0.321 e. The number of nitrogens with one attached hydrogen (secondary N) is 1. The van der Waals surface area contributed by atoms with Crippen LogP contribution in [-0.4, -0.2) is 5.91 Å². The molecule has 0 heterocycles. The lowest BCUT2D eigenvalue weighted by molar-refractivity contribution is -0.136. The third kappa shape index (κ3) is 3.64. The molecule has 1 amide bonds. The maximum atomic E-state index is 12.9. The zero-order chi connectivity index (χ0) is 15.6. The molecular formula is C15H11BrF3NO. The van der Waals surface area contributed by atoms with Crippen LogP contribution >= 0.6 is 15.9 Å². The van der Waals surface area contributed by atoms with Gasteiger partial charge in [0.05, 0.1) is 11.3 Å². The summed E-state index contributed by atoms with van der Waals surface area (Å²) in [6.45, 7) is 1.85. The Hall–Kier alpha value is -1.82. The number of aryl methyl sites for hydroxylation is 1. The summed E-state index contributed by atoms with van der Waals surface area (Å²) < 4.78 is 39.3. The molecule has 0 spiro atoms. The van der Waals surface area contributed by atoms with Gasteiger partial charge in [-0.2, -0.15) is 13.2 Å². The van der Waals surface area contributed by atoms with Crippen molar-refractivity contribution in [3.63, 3.8) is 0 Å². The van der Waals surface area contributed by atoms with Crippen molar-refractivity contribution in [2.75, 3.05) is 5.32 Å². The minimum absolute atomic E-state index is 0.258. The largest absolute Gasteiger partial charge is 0.418 e. The highest BCUT2D eigenvalue weighted by Crippen LogP contribution is 2.34. The van der Waals surface area contributed by atoms with Gasteiger partial charge < -0.3 is 5.32 Å². The van der Waals surface area contributed by atoms with E-state index in [4.69, 9.17) is 0 Å². The van der Waals surface area contributed by atoms with Crippen molar-refractivity contribution in [1.29, 1.82) is 0 Å². The van der Waals surface area contributed by atoms with Gasteiger partial charge in [0.2, 0.25) is 0 Å². The van der Waals surface area contributed by atoms with Crippen molar-refractivity contribution in [2.24, 2.45) is 0 Å². The summed E-state index contributed by atoms with van der Waals surface area (Å²) in [5.74, 6) is -0.590. The molecule has 21 heavy (non-hydrogen) atoms. The molecule has 0 atom stereocenters. The number of amides is 1. The average Bonchev–Trinajstić information content (AvgIpc) is 2.41. The predicted octanol–water partition coefficient (Wildman–Crippen LogP) is 5.03. The summed E-state index contributed by atoms with van der Waals surface area (Å²) in [5, 5.41) is 2.30. The maximum Gasteiger partial charge on any atom is 0.418 e. The monoisotopic (exact) mass is 357 g/mol. The standard InChI is InChI=1S/C15H11BrF3NO/c1-9-6-7-10(8-12(9)16)14(21)20-13-5-3-2-4-11(13)15(17,18)19/h2-8H,1H3,(H,20,21). The van der Waals surface area contributed by atoms with Gasteiger partial charge in [-0.1, -0.05) is 34.1 Å². The number of hydrogen-bond donors (Lipinski definition) is 1. The van der Waals surface area contributed by atoms with Gasteiger partial charge >= 0.3 is 6.18 Å². The molecule has 0 saturated carbocycles. The summed E-state index contributed by atoms with van der Waals surface area (Å²) in [4.78, 5) is 12.1. The fraction of sp³-hybridized carbons (Fsp3) is 0.133. The number of carbonyl (C=O) groups excluding carboxylic acids is 1. The zero-order valence-electron chi connectivity index (χ0n) is 11.0. The van der Waals surface area contributed by atoms with Gasteiger partial charge in [0, 0.05) is 10.0 Å². The molecule has 2 aromatic carbocycles. The normalized spacial score (nSPS) is 11.3. The van der Waals surface area contributed by atoms with E-state index in [1.165, 1.54) is 18.2 Å². The van der Waals surface area contributed by atoms with Crippen LogP contribution in [0.25, 0.3) is 0 Å². The Morgan fingerprint density at radius 2 is 1.81 bits per heavy atom. The lowest BCUT2D eigenvalue weighted by Gasteiger charge is -2.13. The first-order chi connectivity index (χ1) is 9.79. The third-order valence-electron chi connectivity index (χ3n) is 2.91. The van der Waals surface area contributed by atoms with Crippen LogP contribution in [0.3, 0.4) is 0 Å². The molecule has 0 unspecified atom stereocenters. The summed E-state index contributed by atoms with van der Waals surface area (Å²) in [7, 11) is 0. The van der Waals surface area contributed by atoms with E-state index in [0.717, 1.165) is 16.1 Å². The van der Waals surface area contributed by atoms with Crippen molar-refractivity contribution in [2.45, 2.75) is 13.1 Å². The molecule has 0 fully saturated rings. The minimum atomic E-state index is -4.52. The van der Waals surface area contributed by atoms with E-state index in [9.17, 15) is 18.0 Å². The van der Waals surface area contributed by atoms with Gasteiger partial charge in [-0.05, 0) is 36.8 Å². The summed E-state index contributed by atoms with van der Waals surface area (Å²) >= 11 is 3.29. The van der Waals surface area contributed by atoms with Crippen molar-refractivity contribution < 1.29 is 18.0 Å². The molecule has 0 aromatic heterocycles. The quantitative estimate of drug-likeness (QED) is 0.802. The van der Waals surface area contributed by atoms with E-state index in [0.29, 0.717) is 0 Å². The molecule has 0 saturated heterocycles. The van der Waals surface area contributed by atoms with Crippen LogP contribution in [0.5, 0.6) is 0 Å². The SMILES string of the molecule is Cc1ccc(C(=O)Nc2ccccc2C(F)(F)F)cc1Br. The molecular weight excluding hydrogens is 347 g/mol. The van der Waals surface area contributed by atoms with Crippen LogP contribution in [0, 0.1) is 6.92 Å². The highest BCUT2D eigenvalue weighted by Gasteiger charge is 2.33. The number of alkyl halides is 3. The number of rotatable bonds is 2. The molecule has 1 N–H and O–H groups in total. The van der Waals surface area contributed by atoms with Crippen LogP contribution in [0.4, 0.5) is 18.9 Å². The Labute approximate surface area is 128 Å². The molecule has 2 rings (SSSR count). The van der Waals surface area contributed by atoms with Crippen molar-refractivity contribution in [3.05, 3.63) is 63.6 Å². The zero-order valence-corrected chi connectivity index (χ0v) is 12.5. The molecule has 0 bridgehead atoms. The fourth-order valence-electron chi connectivity index (χ4n) is 1.77. The summed E-state index contributed by atoms with van der Waals surface area (Å²) in [5.41, 5.74) is 0.0860. The number of benzene rings is 2. The van der Waals surface area contributed by atoms with E-state index in [1.807, 2.05) is 6.92 Å². The number of carbonyl (C=O) groups is 1. The van der Waals surface area contributed by atoms with Gasteiger partial charge in [-0.15, -0.1) is 0 Å². The first-order valence-corrected chi connectivity index (χ1v) is 6.82. The maximum absolute atomic E-state index is 12.9. The summed E-state index contributed by atoms with van der Waals surface area (Å²) in [6.07, 6.45) is -4.52. The first kappa shape index (κ1) is 15.6. The van der Waals surface area contributed by atoms with Crippen LogP contribution in [-0.2, 0) is 6.18 Å². The molecule has 6 heteroatoms. The number of para-hydroxylation sites is 1. The van der Waals surface area contributed by atoms with Crippen LogP contribution in [0.2, 0.25) is 0 Å². The molecule has 0 aliphatic rings. The fourth-order valence-corrected chi connectivity index (χ4v) is 2.15. The first-order valence-electron chi connectivity index (χ1n) is 6.03. The predicted molar refractivity (Wildman–Crippen MR) is 78.3 cm³/mol. The molecule has 0 radical (unpaired) electrons. The van der Waals surface area contributed by atoms with Gasteiger partial charge in [-0.3, -0.25) is 4.79 Å². The van der Waals surface area contributed by atoms with Crippen molar-refractivity contribution in [1.82, 2.24) is 0 Å². The van der Waals surface area contributed by atoms with Gasteiger partial charge in [0.15, 0.2) is 0 Å². The second kappa shape index (κ2) is 5.89. The lowest BCUT2D eigenvalue weighted by Crippen LogP contribution is -2.16. The van der Waals surface area contributed by atoms with Crippen molar-refractivity contribution in [3.8, 4) is 0 Å². The smallest absolute Gasteiger partial charge is 0.321 e. The molecule has 110 valence electrons. The second-order valence-corrected chi connectivity index (χ2v) is 5.32. The van der Waals surface area contributed by atoms with E-state index < -0.39 is 17.6 Å². The number of anilines is 1. The average molecular weight is 358 g/mol. The van der Waals surface area contributed by atoms with Gasteiger partial charge in [0.25, 0.3) is 5.91 Å². The summed E-state index contributed by atoms with van der Waals surface area (Å²) in [6, 6.07) is 9.72. The Morgan fingerprint density at radius 1 is 1.14 bits per heavy atom. The van der Waals surface area contributed by atoms with Gasteiger partial charge in [0.1, 0.15) is 0 Å². The number of halogens is 4. The highest BCUT2D eigenvalue weighted by molar-refractivity contribution is 9.10. The molecule has 2 aromatic rings. The molecule has 0 aliphatic heterocycles. The topological polar surface area (TPSA) is 29.1 Å². The van der Waals surface area contributed by atoms with Gasteiger partial charge in [-0.25, -0.2) is 0 Å². The molecule has 0 aliphatic carbocycles. The van der Waals surface area contributed by atoms with E-state index in [-0.39, 0.29) is 11.3 Å². The van der Waals surface area contributed by atoms with Crippen LogP contribution in [0.15, 0.2) is 46.9 Å². The Bertz CT molecular complexity index is 683. The molecule has 2 nitrogen and oxygen atoms in total. The second-order valence-electron chi connectivity index (χ2n) is 4.46. The van der Waals surface area contributed by atoms with Crippen LogP contribution in [0.1, 0.15) is 21.5 Å².